The third kappa shape index (κ3) is 7.20. The van der Waals surface area contributed by atoms with E-state index in [1.807, 2.05) is 10.2 Å². The second kappa shape index (κ2) is 8.92. The van der Waals surface area contributed by atoms with E-state index in [9.17, 15) is 0 Å². The Labute approximate surface area is 82.7 Å². The molecule has 0 aliphatic heterocycles. The summed E-state index contributed by atoms with van der Waals surface area (Å²) >= 11 is 3.49. The van der Waals surface area contributed by atoms with Crippen molar-refractivity contribution >= 4 is 25.0 Å². The van der Waals surface area contributed by atoms with Crippen LogP contribution in [0.25, 0.3) is 0 Å². The van der Waals surface area contributed by atoms with Crippen LogP contribution in [0.2, 0.25) is 0 Å². The van der Waals surface area contributed by atoms with Gasteiger partial charge >= 0.3 is 0 Å². The van der Waals surface area contributed by atoms with E-state index in [-0.39, 0.29) is 0 Å². The maximum atomic E-state index is 3.49. The van der Waals surface area contributed by atoms with Gasteiger partial charge in [-0.2, -0.15) is 0 Å². The molecule has 1 atom stereocenters. The first-order chi connectivity index (χ1) is 5.35. The van der Waals surface area contributed by atoms with Crippen LogP contribution in [0, 0.1) is 0 Å². The van der Waals surface area contributed by atoms with Crippen LogP contribution in [0.1, 0.15) is 52.4 Å². The lowest BCUT2D eigenvalue weighted by Gasteiger charge is -2.10. The van der Waals surface area contributed by atoms with E-state index < -0.39 is 0 Å². The molecule has 0 saturated carbocycles. The van der Waals surface area contributed by atoms with Crippen molar-refractivity contribution in [2.45, 2.75) is 57.6 Å². The molecule has 2 heteroatoms. The van der Waals surface area contributed by atoms with Crippen molar-refractivity contribution in [2.24, 2.45) is 0 Å². The van der Waals surface area contributed by atoms with Crippen molar-refractivity contribution in [2.75, 3.05) is 0 Å². The van der Waals surface area contributed by atoms with Crippen molar-refractivity contribution in [3.8, 4) is 0 Å². The van der Waals surface area contributed by atoms with Gasteiger partial charge in [-0.15, -0.1) is 0 Å². The number of hydrogen-bond acceptors (Lipinski definition) is 1. The zero-order chi connectivity index (χ0) is 8.53. The van der Waals surface area contributed by atoms with E-state index in [1.165, 1.54) is 38.5 Å². The molecule has 0 aliphatic rings. The Morgan fingerprint density at radius 3 is 2.27 bits per heavy atom. The Morgan fingerprint density at radius 2 is 1.82 bits per heavy atom. The van der Waals surface area contributed by atoms with Gasteiger partial charge in [-0.05, 0) is 27.7 Å². The van der Waals surface area contributed by atoms with Crippen LogP contribution < -0.4 is 0 Å². The molecule has 0 bridgehead atoms. The normalized spacial score (nSPS) is 13.4. The molecule has 0 spiro atoms. The fraction of sp³-hybridized carbons (Fsp3) is 1.00. The van der Waals surface area contributed by atoms with Crippen LogP contribution in [0.4, 0.5) is 0 Å². The lowest BCUT2D eigenvalue weighted by molar-refractivity contribution is 0.616. The lowest BCUT2D eigenvalue weighted by atomic mass is 10.1. The van der Waals surface area contributed by atoms with Gasteiger partial charge in [-0.25, -0.2) is 0 Å². The third-order valence-electron chi connectivity index (χ3n) is 1.87. The van der Waals surface area contributed by atoms with Gasteiger partial charge in [-0.1, -0.05) is 49.7 Å². The summed E-state index contributed by atoms with van der Waals surface area (Å²) in [4.78, 5) is 0. The quantitative estimate of drug-likeness (QED) is 0.576. The number of halogens is 1. The van der Waals surface area contributed by atoms with Crippen LogP contribution >= 0.6 is 25.0 Å². The van der Waals surface area contributed by atoms with Gasteiger partial charge < -0.3 is 0 Å². The van der Waals surface area contributed by atoms with Gasteiger partial charge in [0.1, 0.15) is 0 Å². The van der Waals surface area contributed by atoms with Gasteiger partial charge in [0, 0.05) is 5.25 Å². The maximum absolute atomic E-state index is 3.49. The molecule has 0 rings (SSSR count). The largest absolute Gasteiger partial charge is 0.0801 e. The summed E-state index contributed by atoms with van der Waals surface area (Å²) in [6, 6.07) is 0. The summed E-state index contributed by atoms with van der Waals surface area (Å²) < 4.78 is 0. The van der Waals surface area contributed by atoms with E-state index >= 15 is 0 Å². The fourth-order valence-corrected chi connectivity index (χ4v) is 2.88. The molecule has 0 aromatic heterocycles. The fourth-order valence-electron chi connectivity index (χ4n) is 1.18. The zero-order valence-corrected chi connectivity index (χ0v) is 10.0. The molecule has 1 unspecified atom stereocenters. The van der Waals surface area contributed by atoms with Crippen LogP contribution in [0.5, 0.6) is 0 Å². The Balaban J connectivity index is 3.20. The van der Waals surface area contributed by atoms with Crippen molar-refractivity contribution in [1.82, 2.24) is 0 Å². The molecular formula is C9H19BrS. The summed E-state index contributed by atoms with van der Waals surface area (Å²) in [6.45, 7) is 4.52. The van der Waals surface area contributed by atoms with Crippen molar-refractivity contribution in [3.63, 3.8) is 0 Å². The average molecular weight is 239 g/mol. The van der Waals surface area contributed by atoms with E-state index in [0.717, 1.165) is 5.25 Å². The third-order valence-corrected chi connectivity index (χ3v) is 4.18. The molecule has 0 aliphatic carbocycles. The molecule has 0 aromatic rings. The molecule has 11 heavy (non-hydrogen) atoms. The molecule has 0 aromatic carbocycles. The predicted octanol–water partition coefficient (Wildman–Crippen LogP) is 4.78. The Hall–Kier alpha value is 0.830. The molecule has 0 amide bonds. The van der Waals surface area contributed by atoms with E-state index in [0.29, 0.717) is 0 Å². The van der Waals surface area contributed by atoms with Crippen molar-refractivity contribution in [3.05, 3.63) is 0 Å². The minimum Gasteiger partial charge on any atom is -0.0801 e. The topological polar surface area (TPSA) is 0 Å². The first kappa shape index (κ1) is 11.8. The minimum absolute atomic E-state index is 0.853. The molecule has 0 N–H and O–H groups in total. The zero-order valence-electron chi connectivity index (χ0n) is 7.61. The van der Waals surface area contributed by atoms with Crippen molar-refractivity contribution < 1.29 is 0 Å². The molecular weight excluding hydrogens is 220 g/mol. The molecule has 0 saturated heterocycles. The molecule has 0 nitrogen and oxygen atoms in total. The number of rotatable bonds is 7. The summed E-state index contributed by atoms with van der Waals surface area (Å²) in [7, 11) is 1.86. The van der Waals surface area contributed by atoms with E-state index in [4.69, 9.17) is 0 Å². The van der Waals surface area contributed by atoms with Gasteiger partial charge in [-0.3, -0.25) is 0 Å². The highest BCUT2D eigenvalue weighted by molar-refractivity contribution is 9.50. The lowest BCUT2D eigenvalue weighted by Crippen LogP contribution is -1.99. The Bertz CT molecular complexity index is 76.0. The van der Waals surface area contributed by atoms with Gasteiger partial charge in [0.15, 0.2) is 0 Å². The smallest absolute Gasteiger partial charge is 0.0157 e. The molecule has 0 fully saturated rings. The second-order valence-electron chi connectivity index (χ2n) is 3.00. The van der Waals surface area contributed by atoms with Crippen LogP contribution in [0.15, 0.2) is 0 Å². The number of unbranched alkanes of at least 4 members (excludes halogenated alkanes) is 2. The summed E-state index contributed by atoms with van der Waals surface area (Å²) in [5.41, 5.74) is 0. The van der Waals surface area contributed by atoms with Crippen molar-refractivity contribution in [1.29, 1.82) is 0 Å². The summed E-state index contributed by atoms with van der Waals surface area (Å²) in [5, 5.41) is 0.853. The monoisotopic (exact) mass is 238 g/mol. The highest BCUT2D eigenvalue weighted by Crippen LogP contribution is 2.27. The standard InChI is InChI=1S/C9H19BrS/c1-3-5-6-8-9(11-10)7-4-2/h9H,3-8H2,1-2H3. The predicted molar refractivity (Wildman–Crippen MR) is 59.4 cm³/mol. The molecule has 0 heterocycles. The highest BCUT2D eigenvalue weighted by atomic mass is 79.9. The Kier molecular flexibility index (Phi) is 9.60. The second-order valence-corrected chi connectivity index (χ2v) is 4.96. The van der Waals surface area contributed by atoms with Gasteiger partial charge in [0.05, 0.1) is 0 Å². The summed E-state index contributed by atoms with van der Waals surface area (Å²) in [5.74, 6) is 0. The van der Waals surface area contributed by atoms with Crippen LogP contribution in [0.3, 0.4) is 0 Å². The van der Waals surface area contributed by atoms with Crippen LogP contribution in [-0.4, -0.2) is 5.25 Å². The van der Waals surface area contributed by atoms with E-state index in [1.54, 1.807) is 0 Å². The number of hydrogen-bond donors (Lipinski definition) is 0. The van der Waals surface area contributed by atoms with E-state index in [2.05, 4.69) is 28.7 Å². The van der Waals surface area contributed by atoms with Gasteiger partial charge in [0.2, 0.25) is 0 Å². The average Bonchev–Trinajstić information content (AvgIpc) is 2.03. The first-order valence-corrected chi connectivity index (χ1v) is 7.34. The minimum atomic E-state index is 0.853. The van der Waals surface area contributed by atoms with Crippen LogP contribution in [-0.2, 0) is 0 Å². The molecule has 68 valence electrons. The molecule has 0 radical (unpaired) electrons. The summed E-state index contributed by atoms with van der Waals surface area (Å²) in [6.07, 6.45) is 8.20. The SMILES string of the molecule is CCCCCC(CCC)SBr. The Morgan fingerprint density at radius 1 is 1.09 bits per heavy atom. The van der Waals surface area contributed by atoms with Gasteiger partial charge in [0.25, 0.3) is 0 Å². The maximum Gasteiger partial charge on any atom is 0.0157 e. The highest BCUT2D eigenvalue weighted by Gasteiger charge is 2.05. The first-order valence-electron chi connectivity index (χ1n) is 4.62.